The lowest BCUT2D eigenvalue weighted by Crippen LogP contribution is -2.51. The molecule has 3 rings (SSSR count). The molecular weight excluding hydrogens is 388 g/mol. The zero-order chi connectivity index (χ0) is 22.1. The summed E-state index contributed by atoms with van der Waals surface area (Å²) in [7, 11) is 1.71. The topological polar surface area (TPSA) is 85.2 Å². The van der Waals surface area contributed by atoms with Crippen LogP contribution in [-0.2, 0) is 11.2 Å². The molecule has 0 radical (unpaired) electrons. The van der Waals surface area contributed by atoms with Crippen LogP contribution in [0.15, 0.2) is 54.6 Å². The van der Waals surface area contributed by atoms with Crippen LogP contribution in [0.4, 0.5) is 5.69 Å². The number of anilines is 1. The number of likely N-dealkylation sites (N-methyl/N-ethyl adjacent to an activating group) is 1. The Morgan fingerprint density at radius 2 is 1.71 bits per heavy atom. The molecule has 6 heteroatoms. The van der Waals surface area contributed by atoms with Crippen molar-refractivity contribution in [2.45, 2.75) is 44.1 Å². The van der Waals surface area contributed by atoms with Crippen molar-refractivity contribution >= 4 is 17.5 Å². The van der Waals surface area contributed by atoms with Crippen LogP contribution in [-0.4, -0.2) is 42.4 Å². The molecule has 162 valence electrons. The van der Waals surface area contributed by atoms with Crippen LogP contribution in [0.25, 0.3) is 0 Å². The standard InChI is InChI=1S/C25H30N4O2/c1-29(25(19-26)15-8-3-9-16-25)23(30)18-28-22-13-7-6-12-21(22)24(31)27-17-14-20-10-4-2-5-11-20/h2,4-7,10-13,28H,3,8-9,14-18H2,1H3,(H,27,31). The highest BCUT2D eigenvalue weighted by Crippen LogP contribution is 2.32. The van der Waals surface area contributed by atoms with Crippen LogP contribution in [0.3, 0.4) is 0 Å². The molecule has 2 amide bonds. The molecular formula is C25H30N4O2. The Bertz CT molecular complexity index is 930. The third-order valence-corrected chi connectivity index (χ3v) is 6.05. The molecule has 2 aromatic carbocycles. The van der Waals surface area contributed by atoms with Gasteiger partial charge in [0, 0.05) is 19.3 Å². The van der Waals surface area contributed by atoms with E-state index >= 15 is 0 Å². The van der Waals surface area contributed by atoms with Crippen LogP contribution >= 0.6 is 0 Å². The number of hydrogen-bond donors (Lipinski definition) is 2. The molecule has 31 heavy (non-hydrogen) atoms. The number of hydrogen-bond acceptors (Lipinski definition) is 4. The van der Waals surface area contributed by atoms with Crippen LogP contribution < -0.4 is 10.6 Å². The smallest absolute Gasteiger partial charge is 0.253 e. The van der Waals surface area contributed by atoms with Gasteiger partial charge < -0.3 is 15.5 Å². The van der Waals surface area contributed by atoms with Crippen LogP contribution in [0.5, 0.6) is 0 Å². The van der Waals surface area contributed by atoms with Crippen molar-refractivity contribution in [1.29, 1.82) is 5.26 Å². The molecule has 0 aromatic heterocycles. The van der Waals surface area contributed by atoms with Gasteiger partial charge in [-0.15, -0.1) is 0 Å². The molecule has 0 heterocycles. The number of amides is 2. The summed E-state index contributed by atoms with van der Waals surface area (Å²) in [5.74, 6) is -0.330. The number of rotatable bonds is 8. The maximum absolute atomic E-state index is 12.8. The lowest BCUT2D eigenvalue weighted by molar-refractivity contribution is -0.132. The van der Waals surface area contributed by atoms with Crippen molar-refractivity contribution in [2.24, 2.45) is 0 Å². The first kappa shape index (κ1) is 22.4. The molecule has 2 aromatic rings. The molecule has 1 saturated carbocycles. The maximum atomic E-state index is 12.8. The molecule has 0 atom stereocenters. The van der Waals surface area contributed by atoms with Crippen molar-refractivity contribution in [1.82, 2.24) is 10.2 Å². The molecule has 1 aliphatic carbocycles. The van der Waals surface area contributed by atoms with E-state index < -0.39 is 5.54 Å². The minimum Gasteiger partial charge on any atom is -0.376 e. The number of carbonyl (C=O) groups is 2. The van der Waals surface area contributed by atoms with Crippen molar-refractivity contribution in [3.8, 4) is 6.07 Å². The van der Waals surface area contributed by atoms with Crippen molar-refractivity contribution in [2.75, 3.05) is 25.5 Å². The van der Waals surface area contributed by atoms with Gasteiger partial charge in [0.1, 0.15) is 5.54 Å². The highest BCUT2D eigenvalue weighted by molar-refractivity contribution is 6.00. The van der Waals surface area contributed by atoms with E-state index in [1.807, 2.05) is 36.4 Å². The van der Waals surface area contributed by atoms with E-state index in [-0.39, 0.29) is 18.4 Å². The fourth-order valence-electron chi connectivity index (χ4n) is 4.08. The molecule has 0 spiro atoms. The summed E-state index contributed by atoms with van der Waals surface area (Å²) in [6.45, 7) is 0.567. The van der Waals surface area contributed by atoms with E-state index in [0.717, 1.165) is 31.2 Å². The van der Waals surface area contributed by atoms with Gasteiger partial charge in [0.15, 0.2) is 0 Å². The average molecular weight is 419 g/mol. The molecule has 1 fully saturated rings. The number of nitrogens with zero attached hydrogens (tertiary/aromatic N) is 2. The summed E-state index contributed by atoms with van der Waals surface area (Å²) in [4.78, 5) is 27.1. The monoisotopic (exact) mass is 418 g/mol. The van der Waals surface area contributed by atoms with Gasteiger partial charge in [0.2, 0.25) is 5.91 Å². The third kappa shape index (κ3) is 5.64. The molecule has 6 nitrogen and oxygen atoms in total. The molecule has 0 aliphatic heterocycles. The quantitative estimate of drug-likeness (QED) is 0.684. The van der Waals surface area contributed by atoms with Crippen molar-refractivity contribution < 1.29 is 9.59 Å². The van der Waals surface area contributed by atoms with Gasteiger partial charge in [-0.05, 0) is 37.0 Å². The SMILES string of the molecule is CN(C(=O)CNc1ccccc1C(=O)NCCc1ccccc1)C1(C#N)CCCCC1. The normalized spacial score (nSPS) is 14.8. The lowest BCUT2D eigenvalue weighted by Gasteiger charge is -2.39. The predicted octanol–water partition coefficient (Wildman–Crippen LogP) is 3.76. The highest BCUT2D eigenvalue weighted by atomic mass is 16.2. The zero-order valence-corrected chi connectivity index (χ0v) is 18.1. The fourth-order valence-corrected chi connectivity index (χ4v) is 4.08. The van der Waals surface area contributed by atoms with E-state index in [0.29, 0.717) is 30.6 Å². The van der Waals surface area contributed by atoms with Gasteiger partial charge in [-0.2, -0.15) is 5.26 Å². The number of benzene rings is 2. The summed E-state index contributed by atoms with van der Waals surface area (Å²) in [6, 6.07) is 19.5. The van der Waals surface area contributed by atoms with E-state index in [1.54, 1.807) is 30.1 Å². The highest BCUT2D eigenvalue weighted by Gasteiger charge is 2.38. The largest absolute Gasteiger partial charge is 0.376 e. The summed E-state index contributed by atoms with van der Waals surface area (Å²) >= 11 is 0. The number of nitriles is 1. The first-order chi connectivity index (χ1) is 15.1. The van der Waals surface area contributed by atoms with E-state index in [1.165, 1.54) is 0 Å². The second kappa shape index (κ2) is 10.6. The molecule has 2 N–H and O–H groups in total. The first-order valence-electron chi connectivity index (χ1n) is 10.9. The Morgan fingerprint density at radius 3 is 2.42 bits per heavy atom. The van der Waals surface area contributed by atoms with Crippen LogP contribution in [0.2, 0.25) is 0 Å². The summed E-state index contributed by atoms with van der Waals surface area (Å²) < 4.78 is 0. The summed E-state index contributed by atoms with van der Waals surface area (Å²) in [6.07, 6.45) is 5.21. The van der Waals surface area contributed by atoms with Gasteiger partial charge in [-0.25, -0.2) is 0 Å². The Hall–Kier alpha value is -3.33. The predicted molar refractivity (Wildman–Crippen MR) is 122 cm³/mol. The average Bonchev–Trinajstić information content (AvgIpc) is 2.83. The second-order valence-corrected chi connectivity index (χ2v) is 8.05. The maximum Gasteiger partial charge on any atom is 0.253 e. The Kier molecular flexibility index (Phi) is 7.66. The molecule has 0 bridgehead atoms. The Balaban J connectivity index is 1.58. The number of para-hydroxylation sites is 1. The van der Waals surface area contributed by atoms with Crippen molar-refractivity contribution in [3.05, 3.63) is 65.7 Å². The van der Waals surface area contributed by atoms with Gasteiger partial charge >= 0.3 is 0 Å². The fraction of sp³-hybridized carbons (Fsp3) is 0.400. The van der Waals surface area contributed by atoms with Gasteiger partial charge in [0.05, 0.1) is 18.2 Å². The van der Waals surface area contributed by atoms with Gasteiger partial charge in [-0.1, -0.05) is 61.7 Å². The molecule has 0 unspecified atom stereocenters. The lowest BCUT2D eigenvalue weighted by atomic mass is 9.81. The zero-order valence-electron chi connectivity index (χ0n) is 18.1. The molecule has 1 aliphatic rings. The van der Waals surface area contributed by atoms with E-state index in [9.17, 15) is 14.9 Å². The van der Waals surface area contributed by atoms with E-state index in [2.05, 4.69) is 16.7 Å². The minimum atomic E-state index is -0.717. The van der Waals surface area contributed by atoms with E-state index in [4.69, 9.17) is 0 Å². The summed E-state index contributed by atoms with van der Waals surface area (Å²) in [5.41, 5.74) is 1.55. The number of carbonyl (C=O) groups excluding carboxylic acids is 2. The Morgan fingerprint density at radius 1 is 1.03 bits per heavy atom. The summed E-state index contributed by atoms with van der Waals surface area (Å²) in [5, 5.41) is 15.8. The van der Waals surface area contributed by atoms with Crippen molar-refractivity contribution in [3.63, 3.8) is 0 Å². The van der Waals surface area contributed by atoms with Gasteiger partial charge in [-0.3, -0.25) is 9.59 Å². The molecule has 0 saturated heterocycles. The number of nitrogens with one attached hydrogen (secondary N) is 2. The first-order valence-corrected chi connectivity index (χ1v) is 10.9. The Labute approximate surface area is 184 Å². The van der Waals surface area contributed by atoms with Crippen LogP contribution in [0.1, 0.15) is 48.0 Å². The van der Waals surface area contributed by atoms with Crippen LogP contribution in [0, 0.1) is 11.3 Å². The second-order valence-electron chi connectivity index (χ2n) is 8.05. The third-order valence-electron chi connectivity index (χ3n) is 6.05. The van der Waals surface area contributed by atoms with Gasteiger partial charge in [0.25, 0.3) is 5.91 Å². The minimum absolute atomic E-state index is 0.0360.